The molecule has 5 heteroatoms. The second-order valence-electron chi connectivity index (χ2n) is 6.99. The van der Waals surface area contributed by atoms with Gasteiger partial charge in [0.15, 0.2) is 0 Å². The van der Waals surface area contributed by atoms with Gasteiger partial charge in [0.1, 0.15) is 0 Å². The minimum Gasteiger partial charge on any atom is -0.355 e. The summed E-state index contributed by atoms with van der Waals surface area (Å²) < 4.78 is 0. The Labute approximate surface area is 177 Å². The molecule has 0 bridgehead atoms. The van der Waals surface area contributed by atoms with Crippen LogP contribution in [0.25, 0.3) is 0 Å². The Bertz CT molecular complexity index is 875. The van der Waals surface area contributed by atoms with Crippen molar-refractivity contribution in [2.24, 2.45) is 0 Å². The molecule has 3 aromatic rings. The lowest BCUT2D eigenvalue weighted by Gasteiger charge is -2.18. The summed E-state index contributed by atoms with van der Waals surface area (Å²) in [6, 6.07) is 29.1. The number of benzene rings is 3. The monoisotopic (exact) mass is 401 g/mol. The zero-order valence-corrected chi connectivity index (χ0v) is 16.9. The molecule has 3 aromatic carbocycles. The molecule has 3 amide bonds. The van der Waals surface area contributed by atoms with Crippen LogP contribution in [0.4, 0.5) is 4.79 Å². The van der Waals surface area contributed by atoms with Crippen molar-refractivity contribution in [2.45, 2.75) is 18.9 Å². The molecule has 3 N–H and O–H groups in total. The molecule has 154 valence electrons. The van der Waals surface area contributed by atoms with Crippen molar-refractivity contribution in [3.05, 3.63) is 108 Å². The molecule has 0 aliphatic carbocycles. The smallest absolute Gasteiger partial charge is 0.315 e. The van der Waals surface area contributed by atoms with Crippen molar-refractivity contribution in [3.63, 3.8) is 0 Å². The van der Waals surface area contributed by atoms with Crippen LogP contribution in [-0.2, 0) is 11.3 Å². The molecule has 0 heterocycles. The van der Waals surface area contributed by atoms with E-state index in [1.54, 1.807) is 0 Å². The molecule has 0 aliphatic rings. The highest BCUT2D eigenvalue weighted by Crippen LogP contribution is 2.24. The molecule has 0 fully saturated rings. The molecule has 30 heavy (non-hydrogen) atoms. The molecular formula is C25H27N3O2. The Morgan fingerprint density at radius 3 is 1.70 bits per heavy atom. The van der Waals surface area contributed by atoms with Gasteiger partial charge in [0.2, 0.25) is 5.91 Å². The van der Waals surface area contributed by atoms with Gasteiger partial charge < -0.3 is 16.0 Å². The van der Waals surface area contributed by atoms with Gasteiger partial charge in [-0.05, 0) is 23.1 Å². The lowest BCUT2D eigenvalue weighted by atomic mass is 9.90. The first-order valence-electron chi connectivity index (χ1n) is 10.2. The predicted molar refractivity (Wildman–Crippen MR) is 119 cm³/mol. The van der Waals surface area contributed by atoms with Gasteiger partial charge in [0.05, 0.1) is 5.92 Å². The van der Waals surface area contributed by atoms with Gasteiger partial charge >= 0.3 is 6.03 Å². The van der Waals surface area contributed by atoms with Crippen molar-refractivity contribution >= 4 is 11.9 Å². The first-order chi connectivity index (χ1) is 14.7. The predicted octanol–water partition coefficient (Wildman–Crippen LogP) is 3.82. The fraction of sp³-hybridized carbons (Fsp3) is 0.200. The molecule has 3 rings (SSSR count). The zero-order valence-electron chi connectivity index (χ0n) is 16.9. The maximum atomic E-state index is 12.9. The Balaban J connectivity index is 1.43. The second kappa shape index (κ2) is 11.4. The molecule has 0 radical (unpaired) electrons. The summed E-state index contributed by atoms with van der Waals surface area (Å²) >= 11 is 0. The summed E-state index contributed by atoms with van der Waals surface area (Å²) in [7, 11) is 0. The largest absolute Gasteiger partial charge is 0.355 e. The summed E-state index contributed by atoms with van der Waals surface area (Å²) in [5.74, 6) is -0.393. The van der Waals surface area contributed by atoms with Crippen LogP contribution in [0.5, 0.6) is 0 Å². The molecule has 0 aromatic heterocycles. The lowest BCUT2D eigenvalue weighted by Crippen LogP contribution is -2.37. The van der Waals surface area contributed by atoms with E-state index in [0.717, 1.165) is 16.7 Å². The average molecular weight is 402 g/mol. The van der Waals surface area contributed by atoms with E-state index in [1.165, 1.54) is 0 Å². The van der Waals surface area contributed by atoms with Gasteiger partial charge in [-0.25, -0.2) is 4.79 Å². The topological polar surface area (TPSA) is 70.2 Å². The first-order valence-corrected chi connectivity index (χ1v) is 10.2. The minimum atomic E-state index is -0.352. The Morgan fingerprint density at radius 2 is 1.13 bits per heavy atom. The van der Waals surface area contributed by atoms with E-state index in [0.29, 0.717) is 26.1 Å². The van der Waals surface area contributed by atoms with Crippen LogP contribution in [0.1, 0.15) is 29.0 Å². The number of urea groups is 1. The SMILES string of the molecule is O=C(NCCCNC(=O)C(c1ccccc1)c1ccccc1)NCc1ccccc1. The lowest BCUT2D eigenvalue weighted by molar-refractivity contribution is -0.121. The van der Waals surface area contributed by atoms with Gasteiger partial charge in [-0.2, -0.15) is 0 Å². The van der Waals surface area contributed by atoms with E-state index in [-0.39, 0.29) is 17.9 Å². The molecule has 0 saturated heterocycles. The fourth-order valence-electron chi connectivity index (χ4n) is 3.23. The third-order valence-electron chi connectivity index (χ3n) is 4.76. The van der Waals surface area contributed by atoms with Crippen LogP contribution < -0.4 is 16.0 Å². The summed E-state index contributed by atoms with van der Waals surface area (Å²) in [6.07, 6.45) is 0.654. The molecule has 0 saturated carbocycles. The van der Waals surface area contributed by atoms with E-state index >= 15 is 0 Å². The van der Waals surface area contributed by atoms with Gasteiger partial charge in [-0.15, -0.1) is 0 Å². The Hall–Kier alpha value is -3.60. The third-order valence-corrected chi connectivity index (χ3v) is 4.76. The van der Waals surface area contributed by atoms with E-state index in [9.17, 15) is 9.59 Å². The number of rotatable bonds is 9. The number of carbonyl (C=O) groups is 2. The maximum Gasteiger partial charge on any atom is 0.315 e. The second-order valence-corrected chi connectivity index (χ2v) is 6.99. The van der Waals surface area contributed by atoms with Crippen molar-refractivity contribution in [1.29, 1.82) is 0 Å². The number of hydrogen-bond acceptors (Lipinski definition) is 2. The average Bonchev–Trinajstić information content (AvgIpc) is 2.80. The van der Waals surface area contributed by atoms with Crippen LogP contribution in [0.3, 0.4) is 0 Å². The minimum absolute atomic E-state index is 0.0408. The highest BCUT2D eigenvalue weighted by atomic mass is 16.2. The van der Waals surface area contributed by atoms with Crippen LogP contribution in [0, 0.1) is 0 Å². The maximum absolute atomic E-state index is 12.9. The van der Waals surface area contributed by atoms with Gasteiger partial charge in [0.25, 0.3) is 0 Å². The molecule has 0 spiro atoms. The first kappa shape index (κ1) is 21.1. The van der Waals surface area contributed by atoms with Crippen LogP contribution in [0.2, 0.25) is 0 Å². The highest BCUT2D eigenvalue weighted by Gasteiger charge is 2.21. The quantitative estimate of drug-likeness (QED) is 0.477. The zero-order chi connectivity index (χ0) is 21.0. The number of amides is 3. The Morgan fingerprint density at radius 1 is 0.633 bits per heavy atom. The van der Waals surface area contributed by atoms with Crippen LogP contribution in [-0.4, -0.2) is 25.0 Å². The van der Waals surface area contributed by atoms with Gasteiger partial charge in [-0.1, -0.05) is 91.0 Å². The molecule has 0 aliphatic heterocycles. The molecule has 0 atom stereocenters. The van der Waals surface area contributed by atoms with E-state index in [1.807, 2.05) is 91.0 Å². The molecule has 0 unspecified atom stereocenters. The number of nitrogens with one attached hydrogen (secondary N) is 3. The van der Waals surface area contributed by atoms with E-state index < -0.39 is 0 Å². The summed E-state index contributed by atoms with van der Waals surface area (Å²) in [5.41, 5.74) is 2.96. The number of hydrogen-bond donors (Lipinski definition) is 3. The van der Waals surface area contributed by atoms with Crippen molar-refractivity contribution < 1.29 is 9.59 Å². The molecular weight excluding hydrogens is 374 g/mol. The van der Waals surface area contributed by atoms with E-state index in [4.69, 9.17) is 0 Å². The summed E-state index contributed by atoms with van der Waals surface area (Å²) in [4.78, 5) is 24.8. The van der Waals surface area contributed by atoms with Crippen molar-refractivity contribution in [1.82, 2.24) is 16.0 Å². The Kier molecular flexibility index (Phi) is 8.03. The van der Waals surface area contributed by atoms with E-state index in [2.05, 4.69) is 16.0 Å². The highest BCUT2D eigenvalue weighted by molar-refractivity contribution is 5.87. The number of carbonyl (C=O) groups excluding carboxylic acids is 2. The fourth-order valence-corrected chi connectivity index (χ4v) is 3.23. The van der Waals surface area contributed by atoms with Crippen LogP contribution >= 0.6 is 0 Å². The van der Waals surface area contributed by atoms with Gasteiger partial charge in [0, 0.05) is 19.6 Å². The van der Waals surface area contributed by atoms with Crippen LogP contribution in [0.15, 0.2) is 91.0 Å². The molecule has 5 nitrogen and oxygen atoms in total. The summed E-state index contributed by atoms with van der Waals surface area (Å²) in [6.45, 7) is 1.47. The third kappa shape index (κ3) is 6.48. The van der Waals surface area contributed by atoms with Gasteiger partial charge in [-0.3, -0.25) is 4.79 Å². The van der Waals surface area contributed by atoms with Crippen molar-refractivity contribution in [3.8, 4) is 0 Å². The normalized spacial score (nSPS) is 10.4. The summed E-state index contributed by atoms with van der Waals surface area (Å²) in [5, 5.41) is 8.64. The van der Waals surface area contributed by atoms with Crippen molar-refractivity contribution in [2.75, 3.05) is 13.1 Å². The standard InChI is InChI=1S/C25H27N3O2/c29-24(23(21-13-6-2-7-14-21)22-15-8-3-9-16-22)26-17-10-18-27-25(30)28-19-20-11-4-1-5-12-20/h1-9,11-16,23H,10,17-19H2,(H,26,29)(H2,27,28,30).